The number of aliphatic hydroxyl groups excluding tert-OH is 1. The van der Waals surface area contributed by atoms with Crippen LogP contribution in [-0.2, 0) is 0 Å². The largest absolute Gasteiger partial charge is 0.494 e. The van der Waals surface area contributed by atoms with Gasteiger partial charge in [0.15, 0.2) is 0 Å². The maximum absolute atomic E-state index is 9.41. The fraction of sp³-hybridized carbons (Fsp3) is 0.600. The third-order valence-corrected chi connectivity index (χ3v) is 2.81. The van der Waals surface area contributed by atoms with Crippen LogP contribution in [0.5, 0.6) is 11.5 Å². The highest BCUT2D eigenvalue weighted by Gasteiger charge is 2.20. The molecule has 0 amide bonds. The fourth-order valence-corrected chi connectivity index (χ4v) is 1.93. The first kappa shape index (κ1) is 15.8. The first-order chi connectivity index (χ1) is 9.06. The average molecular weight is 267 g/mol. The smallest absolute Gasteiger partial charge is 0.137 e. The molecule has 0 spiro atoms. The van der Waals surface area contributed by atoms with Crippen LogP contribution in [0.4, 0.5) is 0 Å². The third-order valence-electron chi connectivity index (χ3n) is 2.81. The van der Waals surface area contributed by atoms with Crippen molar-refractivity contribution in [3.05, 3.63) is 24.3 Å². The topological polar surface area (TPSA) is 64.7 Å². The summed E-state index contributed by atoms with van der Waals surface area (Å²) < 4.78 is 11.2. The third kappa shape index (κ3) is 5.49. The molecule has 0 heterocycles. The number of nitrogens with two attached hydrogens (primary N) is 1. The van der Waals surface area contributed by atoms with E-state index in [0.29, 0.717) is 18.3 Å². The number of rotatable bonds is 8. The van der Waals surface area contributed by atoms with Gasteiger partial charge in [-0.05, 0) is 31.4 Å². The van der Waals surface area contributed by atoms with Gasteiger partial charge in [-0.25, -0.2) is 0 Å². The lowest BCUT2D eigenvalue weighted by Gasteiger charge is -2.24. The van der Waals surface area contributed by atoms with Gasteiger partial charge in [-0.2, -0.15) is 0 Å². The summed E-state index contributed by atoms with van der Waals surface area (Å²) in [5, 5.41) is 9.41. The van der Waals surface area contributed by atoms with E-state index in [1.807, 2.05) is 31.2 Å². The van der Waals surface area contributed by atoms with Crippen molar-refractivity contribution >= 4 is 0 Å². The van der Waals surface area contributed by atoms with E-state index in [-0.39, 0.29) is 18.8 Å². The van der Waals surface area contributed by atoms with Crippen LogP contribution in [0.15, 0.2) is 24.3 Å². The molecule has 1 aromatic rings. The van der Waals surface area contributed by atoms with Crippen LogP contribution < -0.4 is 15.2 Å². The molecule has 0 fully saturated rings. The first-order valence-electron chi connectivity index (χ1n) is 6.82. The van der Waals surface area contributed by atoms with E-state index in [1.165, 1.54) is 0 Å². The first-order valence-corrected chi connectivity index (χ1v) is 6.82. The summed E-state index contributed by atoms with van der Waals surface area (Å²) >= 11 is 0. The van der Waals surface area contributed by atoms with Crippen LogP contribution in [0.25, 0.3) is 0 Å². The van der Waals surface area contributed by atoms with Gasteiger partial charge in [0.2, 0.25) is 0 Å². The molecule has 0 saturated heterocycles. The summed E-state index contributed by atoms with van der Waals surface area (Å²) in [7, 11) is 0. The van der Waals surface area contributed by atoms with Crippen molar-refractivity contribution in [2.75, 3.05) is 13.2 Å². The van der Waals surface area contributed by atoms with Crippen LogP contribution in [-0.4, -0.2) is 30.5 Å². The minimum absolute atomic E-state index is 0.0905. The second-order valence-corrected chi connectivity index (χ2v) is 5.04. The van der Waals surface area contributed by atoms with Crippen molar-refractivity contribution in [1.82, 2.24) is 0 Å². The molecular weight excluding hydrogens is 242 g/mol. The Morgan fingerprint density at radius 3 is 2.53 bits per heavy atom. The molecule has 4 nitrogen and oxygen atoms in total. The number of benzene rings is 1. The zero-order chi connectivity index (χ0) is 14.3. The van der Waals surface area contributed by atoms with Gasteiger partial charge in [0.05, 0.1) is 13.2 Å². The van der Waals surface area contributed by atoms with Gasteiger partial charge in [-0.15, -0.1) is 0 Å². The van der Waals surface area contributed by atoms with Crippen LogP contribution in [0.2, 0.25) is 0 Å². The zero-order valence-corrected chi connectivity index (χ0v) is 12.0. The van der Waals surface area contributed by atoms with Gasteiger partial charge in [0, 0.05) is 12.1 Å². The molecular formula is C15H25NO3. The molecule has 1 aromatic carbocycles. The highest BCUT2D eigenvalue weighted by molar-refractivity contribution is 5.33. The van der Waals surface area contributed by atoms with E-state index in [1.54, 1.807) is 0 Å². The maximum atomic E-state index is 9.41. The van der Waals surface area contributed by atoms with E-state index < -0.39 is 0 Å². The van der Waals surface area contributed by atoms with Crippen LogP contribution >= 0.6 is 0 Å². The van der Waals surface area contributed by atoms with E-state index in [0.717, 1.165) is 12.2 Å². The number of ether oxygens (including phenoxy) is 2. The quantitative estimate of drug-likeness (QED) is 0.758. The zero-order valence-electron chi connectivity index (χ0n) is 12.0. The Balaban J connectivity index is 2.66. The van der Waals surface area contributed by atoms with E-state index >= 15 is 0 Å². The van der Waals surface area contributed by atoms with Crippen molar-refractivity contribution in [2.45, 2.75) is 39.3 Å². The second-order valence-electron chi connectivity index (χ2n) is 5.04. The highest BCUT2D eigenvalue weighted by atomic mass is 16.5. The summed E-state index contributed by atoms with van der Waals surface area (Å²) in [5.41, 5.74) is 6.06. The predicted molar refractivity (Wildman–Crippen MR) is 76.5 cm³/mol. The van der Waals surface area contributed by atoms with E-state index in [4.69, 9.17) is 15.2 Å². The molecule has 0 aliphatic heterocycles. The SMILES string of the molecule is CCOc1cccc(OC(CO)C(N)CC(C)C)c1. The molecule has 0 radical (unpaired) electrons. The number of hydrogen-bond acceptors (Lipinski definition) is 4. The lowest BCUT2D eigenvalue weighted by atomic mass is 10.0. The predicted octanol–water partition coefficient (Wildman–Crippen LogP) is 2.20. The highest BCUT2D eigenvalue weighted by Crippen LogP contribution is 2.21. The molecule has 0 aliphatic carbocycles. The van der Waals surface area contributed by atoms with Crippen LogP contribution in [0.1, 0.15) is 27.2 Å². The molecule has 19 heavy (non-hydrogen) atoms. The Hall–Kier alpha value is -1.26. The summed E-state index contributed by atoms with van der Waals surface area (Å²) in [6.07, 6.45) is 0.426. The van der Waals surface area contributed by atoms with Gasteiger partial charge in [-0.3, -0.25) is 0 Å². The molecule has 2 atom stereocenters. The van der Waals surface area contributed by atoms with Crippen LogP contribution in [0.3, 0.4) is 0 Å². The van der Waals surface area contributed by atoms with Gasteiger partial charge >= 0.3 is 0 Å². The Labute approximate surface area is 115 Å². The molecule has 0 aliphatic rings. The lowest BCUT2D eigenvalue weighted by molar-refractivity contribution is 0.0879. The maximum Gasteiger partial charge on any atom is 0.137 e. The lowest BCUT2D eigenvalue weighted by Crippen LogP contribution is -2.42. The Morgan fingerprint density at radius 2 is 1.95 bits per heavy atom. The summed E-state index contributed by atoms with van der Waals surface area (Å²) in [6, 6.07) is 7.21. The van der Waals surface area contributed by atoms with Gasteiger partial charge in [0.25, 0.3) is 0 Å². The Kier molecular flexibility index (Phi) is 6.67. The fourth-order valence-electron chi connectivity index (χ4n) is 1.93. The number of aliphatic hydroxyl groups is 1. The molecule has 3 N–H and O–H groups in total. The van der Waals surface area contributed by atoms with E-state index in [2.05, 4.69) is 13.8 Å². The minimum atomic E-state index is -0.390. The monoisotopic (exact) mass is 267 g/mol. The van der Waals surface area contributed by atoms with Crippen LogP contribution in [0, 0.1) is 5.92 Å². The minimum Gasteiger partial charge on any atom is -0.494 e. The molecule has 0 saturated carbocycles. The molecule has 0 aromatic heterocycles. The number of hydrogen-bond donors (Lipinski definition) is 2. The average Bonchev–Trinajstić information content (AvgIpc) is 2.36. The van der Waals surface area contributed by atoms with E-state index in [9.17, 15) is 5.11 Å². The Morgan fingerprint density at radius 1 is 1.26 bits per heavy atom. The van der Waals surface area contributed by atoms with Crippen molar-refractivity contribution in [2.24, 2.45) is 11.7 Å². The molecule has 2 unspecified atom stereocenters. The van der Waals surface area contributed by atoms with Gasteiger partial charge < -0.3 is 20.3 Å². The molecule has 108 valence electrons. The molecule has 4 heteroatoms. The molecule has 1 rings (SSSR count). The van der Waals surface area contributed by atoms with Crippen molar-refractivity contribution < 1.29 is 14.6 Å². The normalized spacial score (nSPS) is 14.2. The van der Waals surface area contributed by atoms with Crippen molar-refractivity contribution in [3.63, 3.8) is 0 Å². The van der Waals surface area contributed by atoms with Crippen molar-refractivity contribution in [1.29, 1.82) is 0 Å². The van der Waals surface area contributed by atoms with Gasteiger partial charge in [-0.1, -0.05) is 19.9 Å². The standard InChI is InChI=1S/C15H25NO3/c1-4-18-12-6-5-7-13(9-12)19-15(10-17)14(16)8-11(2)3/h5-7,9,11,14-15,17H,4,8,10,16H2,1-3H3. The summed E-state index contributed by atoms with van der Waals surface area (Å²) in [4.78, 5) is 0. The van der Waals surface area contributed by atoms with Crippen molar-refractivity contribution in [3.8, 4) is 11.5 Å². The summed E-state index contributed by atoms with van der Waals surface area (Å²) in [5.74, 6) is 1.90. The second kappa shape index (κ2) is 8.02. The molecule has 0 bridgehead atoms. The van der Waals surface area contributed by atoms with Gasteiger partial charge in [0.1, 0.15) is 17.6 Å². The summed E-state index contributed by atoms with van der Waals surface area (Å²) in [6.45, 7) is 6.66. The Bertz CT molecular complexity index is 368.